The Morgan fingerprint density at radius 3 is 2.74 bits per heavy atom. The molecule has 1 saturated heterocycles. The molecule has 0 spiro atoms. The van der Waals surface area contributed by atoms with Gasteiger partial charge in [0.2, 0.25) is 11.8 Å². The van der Waals surface area contributed by atoms with Gasteiger partial charge in [-0.3, -0.25) is 4.79 Å². The highest BCUT2D eigenvalue weighted by atomic mass is 16.5. The van der Waals surface area contributed by atoms with Crippen LogP contribution in [0.1, 0.15) is 18.5 Å². The minimum Gasteiger partial charge on any atom is -0.496 e. The molecule has 6 nitrogen and oxygen atoms in total. The third-order valence-electron chi connectivity index (χ3n) is 4.55. The topological polar surface area (TPSA) is 75.5 Å². The zero-order chi connectivity index (χ0) is 19.2. The second-order valence-corrected chi connectivity index (χ2v) is 6.24. The van der Waals surface area contributed by atoms with E-state index in [9.17, 15) is 10.1 Å². The number of rotatable bonds is 5. The van der Waals surface area contributed by atoms with Crippen molar-refractivity contribution in [2.75, 3.05) is 20.2 Å². The summed E-state index contributed by atoms with van der Waals surface area (Å²) in [7, 11) is 1.61. The molecule has 2 aromatic rings. The van der Waals surface area contributed by atoms with Crippen LogP contribution in [0.5, 0.6) is 11.6 Å². The van der Waals surface area contributed by atoms with Crippen LogP contribution in [0.3, 0.4) is 0 Å². The van der Waals surface area contributed by atoms with Gasteiger partial charge in [0.15, 0.2) is 0 Å². The van der Waals surface area contributed by atoms with E-state index in [1.165, 1.54) is 6.08 Å². The Bertz CT molecular complexity index is 880. The molecule has 3 rings (SSSR count). The van der Waals surface area contributed by atoms with Crippen molar-refractivity contribution in [3.63, 3.8) is 0 Å². The van der Waals surface area contributed by atoms with Gasteiger partial charge in [-0.05, 0) is 23.8 Å². The molecule has 0 N–H and O–H groups in total. The van der Waals surface area contributed by atoms with Gasteiger partial charge in [-0.15, -0.1) is 0 Å². The van der Waals surface area contributed by atoms with Crippen LogP contribution in [0.2, 0.25) is 0 Å². The Kier molecular flexibility index (Phi) is 5.72. The van der Waals surface area contributed by atoms with Gasteiger partial charge in [0.1, 0.15) is 23.6 Å². The number of likely N-dealkylation sites (tertiary alicyclic amines) is 1. The van der Waals surface area contributed by atoms with Crippen molar-refractivity contribution in [2.24, 2.45) is 0 Å². The predicted octanol–water partition coefficient (Wildman–Crippen LogP) is 3.18. The second-order valence-electron chi connectivity index (χ2n) is 6.24. The van der Waals surface area contributed by atoms with Gasteiger partial charge in [0.05, 0.1) is 7.11 Å². The van der Waals surface area contributed by atoms with E-state index in [1.54, 1.807) is 18.1 Å². The third-order valence-corrected chi connectivity index (χ3v) is 4.55. The molecule has 1 aromatic carbocycles. The number of para-hydroxylation sites is 1. The number of nitrogens with zero attached hydrogens (tertiary/aromatic N) is 3. The molecule has 1 aliphatic heterocycles. The van der Waals surface area contributed by atoms with Gasteiger partial charge in [-0.25, -0.2) is 4.98 Å². The molecule has 138 valence electrons. The van der Waals surface area contributed by atoms with E-state index in [0.29, 0.717) is 31.8 Å². The van der Waals surface area contributed by atoms with Crippen molar-refractivity contribution >= 4 is 5.91 Å². The fraction of sp³-hybridized carbons (Fsp3) is 0.286. The van der Waals surface area contributed by atoms with Gasteiger partial charge in [0, 0.05) is 37.6 Å². The Balaban J connectivity index is 1.80. The molecular formula is C21H21N3O3. The summed E-state index contributed by atoms with van der Waals surface area (Å²) >= 11 is 0. The summed E-state index contributed by atoms with van der Waals surface area (Å²) in [5.41, 5.74) is 1.97. The molecule has 0 atom stereocenters. The molecular weight excluding hydrogens is 342 g/mol. The number of aromatic nitrogens is 1. The molecule has 0 aliphatic carbocycles. The van der Waals surface area contributed by atoms with Crippen LogP contribution in [-0.4, -0.2) is 42.1 Å². The van der Waals surface area contributed by atoms with E-state index in [0.717, 1.165) is 16.9 Å². The van der Waals surface area contributed by atoms with E-state index in [1.807, 2.05) is 30.3 Å². The Hall–Kier alpha value is -3.33. The number of ether oxygens (including phenoxy) is 2. The number of amides is 1. The second kappa shape index (κ2) is 8.37. The van der Waals surface area contributed by atoms with E-state index in [-0.39, 0.29) is 17.7 Å². The average molecular weight is 363 g/mol. The van der Waals surface area contributed by atoms with Crippen molar-refractivity contribution in [3.8, 4) is 28.8 Å². The SMILES string of the molecule is C=CC(=O)N1CCC(Oc2cc(-c3ccccc3OC)cc(C#N)n2)CC1. The largest absolute Gasteiger partial charge is 0.496 e. The van der Waals surface area contributed by atoms with Crippen molar-refractivity contribution in [1.82, 2.24) is 9.88 Å². The first-order valence-corrected chi connectivity index (χ1v) is 8.78. The van der Waals surface area contributed by atoms with Crippen LogP contribution < -0.4 is 9.47 Å². The lowest BCUT2D eigenvalue weighted by molar-refractivity contribution is -0.127. The summed E-state index contributed by atoms with van der Waals surface area (Å²) in [6.45, 7) is 4.76. The standard InChI is InChI=1S/C21H21N3O3/c1-3-21(25)24-10-8-17(9-11-24)27-20-13-15(12-16(14-22)23-20)18-6-4-5-7-19(18)26-2/h3-7,12-13,17H,1,8-11H2,2H3. The molecule has 2 heterocycles. The number of nitriles is 1. The van der Waals surface area contributed by atoms with E-state index in [4.69, 9.17) is 9.47 Å². The van der Waals surface area contributed by atoms with E-state index < -0.39 is 0 Å². The normalized spacial score (nSPS) is 14.3. The van der Waals surface area contributed by atoms with Crippen molar-refractivity contribution in [1.29, 1.82) is 5.26 Å². The summed E-state index contributed by atoms with van der Waals surface area (Å²) in [6.07, 6.45) is 2.70. The molecule has 1 aliphatic rings. The number of pyridine rings is 1. The first-order chi connectivity index (χ1) is 13.1. The fourth-order valence-electron chi connectivity index (χ4n) is 3.16. The van der Waals surface area contributed by atoms with Gasteiger partial charge < -0.3 is 14.4 Å². The van der Waals surface area contributed by atoms with Crippen molar-refractivity contribution in [2.45, 2.75) is 18.9 Å². The summed E-state index contributed by atoms with van der Waals surface area (Å²) in [5, 5.41) is 9.34. The molecule has 1 amide bonds. The lowest BCUT2D eigenvalue weighted by Gasteiger charge is -2.31. The molecule has 1 fully saturated rings. The first-order valence-electron chi connectivity index (χ1n) is 8.78. The maximum absolute atomic E-state index is 11.7. The molecule has 27 heavy (non-hydrogen) atoms. The maximum Gasteiger partial charge on any atom is 0.245 e. The molecule has 0 unspecified atom stereocenters. The quantitative estimate of drug-likeness (QED) is 0.763. The predicted molar refractivity (Wildman–Crippen MR) is 101 cm³/mol. The molecule has 0 bridgehead atoms. The molecule has 0 saturated carbocycles. The number of hydrogen-bond acceptors (Lipinski definition) is 5. The molecule has 1 aromatic heterocycles. The highest BCUT2D eigenvalue weighted by Crippen LogP contribution is 2.32. The van der Waals surface area contributed by atoms with Crippen LogP contribution in [0.15, 0.2) is 49.1 Å². The van der Waals surface area contributed by atoms with Crippen LogP contribution in [0.25, 0.3) is 11.1 Å². The van der Waals surface area contributed by atoms with E-state index in [2.05, 4.69) is 17.6 Å². The van der Waals surface area contributed by atoms with Gasteiger partial charge in [-0.2, -0.15) is 5.26 Å². The number of hydrogen-bond donors (Lipinski definition) is 0. The Morgan fingerprint density at radius 1 is 1.33 bits per heavy atom. The highest BCUT2D eigenvalue weighted by molar-refractivity contribution is 5.87. The monoisotopic (exact) mass is 363 g/mol. The smallest absolute Gasteiger partial charge is 0.245 e. The number of carbonyl (C=O) groups excluding carboxylic acids is 1. The van der Waals surface area contributed by atoms with Gasteiger partial charge in [-0.1, -0.05) is 24.8 Å². The van der Waals surface area contributed by atoms with Gasteiger partial charge >= 0.3 is 0 Å². The Labute approximate surface area is 158 Å². The zero-order valence-corrected chi connectivity index (χ0v) is 15.2. The fourth-order valence-corrected chi connectivity index (χ4v) is 3.16. The maximum atomic E-state index is 11.7. The third kappa shape index (κ3) is 4.26. The van der Waals surface area contributed by atoms with Crippen LogP contribution in [0, 0.1) is 11.3 Å². The lowest BCUT2D eigenvalue weighted by atomic mass is 10.0. The average Bonchev–Trinajstić information content (AvgIpc) is 2.73. The summed E-state index contributed by atoms with van der Waals surface area (Å²) in [6, 6.07) is 13.2. The van der Waals surface area contributed by atoms with Crippen LogP contribution in [-0.2, 0) is 4.79 Å². The number of methoxy groups -OCH3 is 1. The zero-order valence-electron chi connectivity index (χ0n) is 15.2. The first kappa shape index (κ1) is 18.5. The van der Waals surface area contributed by atoms with E-state index >= 15 is 0 Å². The minimum absolute atomic E-state index is 0.0502. The summed E-state index contributed by atoms with van der Waals surface area (Å²) in [5.74, 6) is 1.06. The minimum atomic E-state index is -0.0588. The number of benzene rings is 1. The van der Waals surface area contributed by atoms with Crippen molar-refractivity contribution < 1.29 is 14.3 Å². The van der Waals surface area contributed by atoms with Crippen LogP contribution in [0.4, 0.5) is 0 Å². The Morgan fingerprint density at radius 2 is 2.07 bits per heavy atom. The van der Waals surface area contributed by atoms with Gasteiger partial charge in [0.25, 0.3) is 0 Å². The van der Waals surface area contributed by atoms with Crippen LogP contribution >= 0.6 is 0 Å². The molecule has 0 radical (unpaired) electrons. The number of piperidine rings is 1. The number of carbonyl (C=O) groups is 1. The summed E-state index contributed by atoms with van der Waals surface area (Å²) in [4.78, 5) is 17.7. The van der Waals surface area contributed by atoms with Crippen molar-refractivity contribution in [3.05, 3.63) is 54.7 Å². The molecule has 6 heteroatoms. The highest BCUT2D eigenvalue weighted by Gasteiger charge is 2.23. The lowest BCUT2D eigenvalue weighted by Crippen LogP contribution is -2.41. The summed E-state index contributed by atoms with van der Waals surface area (Å²) < 4.78 is 11.4.